The monoisotopic (exact) mass is 368 g/mol. The summed E-state index contributed by atoms with van der Waals surface area (Å²) in [7, 11) is -1.72. The Kier molecular flexibility index (Phi) is 6.34. The van der Waals surface area contributed by atoms with Gasteiger partial charge in [-0.05, 0) is 46.9 Å². The van der Waals surface area contributed by atoms with Crippen LogP contribution in [0.2, 0.25) is 0 Å². The van der Waals surface area contributed by atoms with Gasteiger partial charge in [0.2, 0.25) is 10.0 Å². The molecule has 0 amide bonds. The minimum Gasteiger partial charge on any atom is -0.315 e. The molecule has 2 atom stereocenters. The summed E-state index contributed by atoms with van der Waals surface area (Å²) in [6.07, 6.45) is 1.91. The molecule has 0 saturated carbocycles. The van der Waals surface area contributed by atoms with E-state index in [0.29, 0.717) is 30.1 Å². The van der Waals surface area contributed by atoms with Gasteiger partial charge in [0.25, 0.3) is 0 Å². The Balaban J connectivity index is 2.00. The highest BCUT2D eigenvalue weighted by atomic mass is 32.2. The minimum absolute atomic E-state index is 0.214. The van der Waals surface area contributed by atoms with Crippen LogP contribution in [0.25, 0.3) is 0 Å². The van der Waals surface area contributed by atoms with Gasteiger partial charge in [0.05, 0.1) is 28.4 Å². The molecule has 0 radical (unpaired) electrons. The molecule has 1 fully saturated rings. The Hall–Kier alpha value is -1.74. The molecule has 0 spiro atoms. The lowest BCUT2D eigenvalue weighted by Gasteiger charge is -2.15. The van der Waals surface area contributed by atoms with Crippen LogP contribution in [0, 0.1) is 13.8 Å². The molecular formula is C16H28N6O2S. The fraction of sp³-hybridized carbons (Fsp3) is 0.688. The maximum absolute atomic E-state index is 12.6. The molecule has 0 aliphatic carbocycles. The van der Waals surface area contributed by atoms with Crippen LogP contribution < -0.4 is 10.0 Å². The van der Waals surface area contributed by atoms with Gasteiger partial charge in [-0.25, -0.2) is 13.4 Å². The van der Waals surface area contributed by atoms with Crippen LogP contribution >= 0.6 is 0 Å². The van der Waals surface area contributed by atoms with E-state index in [1.54, 1.807) is 25.6 Å². The summed E-state index contributed by atoms with van der Waals surface area (Å²) < 4.78 is 29.6. The zero-order chi connectivity index (χ0) is 18.6. The van der Waals surface area contributed by atoms with Gasteiger partial charge in [-0.15, -0.1) is 0 Å². The number of aryl methyl sites for hydroxylation is 2. The van der Waals surface area contributed by atoms with E-state index in [-0.39, 0.29) is 6.04 Å². The number of hydrogen-bond acceptors (Lipinski definition) is 5. The van der Waals surface area contributed by atoms with E-state index < -0.39 is 15.3 Å². The summed E-state index contributed by atoms with van der Waals surface area (Å²) in [5.41, 5.74) is 2.01. The highest BCUT2D eigenvalue weighted by Crippen LogP contribution is 2.22. The second kappa shape index (κ2) is 8.09. The van der Waals surface area contributed by atoms with Gasteiger partial charge in [0.15, 0.2) is 0 Å². The van der Waals surface area contributed by atoms with Crippen molar-refractivity contribution in [1.82, 2.24) is 15.1 Å². The van der Waals surface area contributed by atoms with Gasteiger partial charge in [-0.3, -0.25) is 14.4 Å². The normalized spacial score (nSPS) is 19.8. The smallest absolute Gasteiger partial charge is 0.235 e. The lowest BCUT2D eigenvalue weighted by atomic mass is 10.2. The molecule has 0 aromatic carbocycles. The molecule has 1 aromatic heterocycles. The Morgan fingerprint density at radius 1 is 1.52 bits per heavy atom. The number of amidine groups is 1. The molecule has 25 heavy (non-hydrogen) atoms. The van der Waals surface area contributed by atoms with Crippen molar-refractivity contribution in [3.63, 3.8) is 0 Å². The van der Waals surface area contributed by atoms with Gasteiger partial charge in [-0.1, -0.05) is 0 Å². The third-order valence-electron chi connectivity index (χ3n) is 4.61. The Labute approximate surface area is 149 Å². The molecule has 2 heterocycles. The summed E-state index contributed by atoms with van der Waals surface area (Å²) >= 11 is 0. The third-order valence-corrected chi connectivity index (χ3v) is 6.39. The average molecular weight is 369 g/mol. The van der Waals surface area contributed by atoms with Gasteiger partial charge < -0.3 is 5.32 Å². The van der Waals surface area contributed by atoms with Gasteiger partial charge >= 0.3 is 0 Å². The van der Waals surface area contributed by atoms with Crippen molar-refractivity contribution in [2.45, 2.75) is 51.3 Å². The fourth-order valence-corrected chi connectivity index (χ4v) is 4.01. The lowest BCUT2D eigenvalue weighted by molar-refractivity contribution is 0.584. The van der Waals surface area contributed by atoms with Crippen LogP contribution in [-0.4, -0.2) is 55.1 Å². The first-order valence-corrected chi connectivity index (χ1v) is 10.0. The molecule has 1 aromatic rings. The molecule has 8 nitrogen and oxygen atoms in total. The highest BCUT2D eigenvalue weighted by Gasteiger charge is 2.24. The first-order valence-electron chi connectivity index (χ1n) is 8.50. The van der Waals surface area contributed by atoms with Crippen LogP contribution in [0.5, 0.6) is 0 Å². The SMILES string of the molecule is C=NC(CCC(C)S(=O)(=O)Nc1c(C)nn(C)c1C)=NC1CCNC1. The molecule has 2 N–H and O–H groups in total. The topological polar surface area (TPSA) is 101 Å². The molecule has 0 bridgehead atoms. The summed E-state index contributed by atoms with van der Waals surface area (Å²) in [5, 5.41) is 6.92. The standard InChI is InChI=1S/C16H28N6O2S/c1-11(6-7-15(17-4)19-14-8-9-18-10-14)25(23,24)21-16-12(2)20-22(5)13(16)3/h11,14,18,21H,4,6-10H2,1-3,5H3. The zero-order valence-corrected chi connectivity index (χ0v) is 16.2. The van der Waals surface area contributed by atoms with E-state index in [2.05, 4.69) is 31.8 Å². The molecule has 2 rings (SSSR count). The maximum atomic E-state index is 12.6. The van der Waals surface area contributed by atoms with E-state index >= 15 is 0 Å². The van der Waals surface area contributed by atoms with Crippen LogP contribution in [0.15, 0.2) is 9.98 Å². The third kappa shape index (κ3) is 4.88. The number of sulfonamides is 1. The first kappa shape index (κ1) is 19.6. The first-order chi connectivity index (χ1) is 11.7. The molecule has 1 saturated heterocycles. The van der Waals surface area contributed by atoms with E-state index in [0.717, 1.165) is 25.2 Å². The number of aliphatic imine (C=N–C) groups is 2. The van der Waals surface area contributed by atoms with E-state index in [1.807, 2.05) is 6.92 Å². The van der Waals surface area contributed by atoms with Gasteiger partial charge in [0, 0.05) is 20.0 Å². The number of anilines is 1. The molecular weight excluding hydrogens is 340 g/mol. The Morgan fingerprint density at radius 3 is 2.76 bits per heavy atom. The van der Waals surface area contributed by atoms with Crippen molar-refractivity contribution in [3.05, 3.63) is 11.4 Å². The molecule has 1 aliphatic rings. The predicted octanol–water partition coefficient (Wildman–Crippen LogP) is 1.41. The van der Waals surface area contributed by atoms with Crippen LogP contribution in [0.3, 0.4) is 0 Å². The summed E-state index contributed by atoms with van der Waals surface area (Å²) in [4.78, 5) is 8.52. The Morgan fingerprint density at radius 2 is 2.24 bits per heavy atom. The fourth-order valence-electron chi connectivity index (χ4n) is 2.80. The summed E-state index contributed by atoms with van der Waals surface area (Å²) in [6.45, 7) is 10.7. The molecule has 9 heteroatoms. The molecule has 1 aliphatic heterocycles. The average Bonchev–Trinajstić information content (AvgIpc) is 3.15. The zero-order valence-electron chi connectivity index (χ0n) is 15.4. The largest absolute Gasteiger partial charge is 0.315 e. The summed E-state index contributed by atoms with van der Waals surface area (Å²) in [6, 6.07) is 0.214. The Bertz CT molecular complexity index is 747. The van der Waals surface area contributed by atoms with Crippen molar-refractivity contribution in [1.29, 1.82) is 0 Å². The number of rotatable bonds is 7. The van der Waals surface area contributed by atoms with Crippen molar-refractivity contribution < 1.29 is 8.42 Å². The van der Waals surface area contributed by atoms with E-state index in [1.165, 1.54) is 0 Å². The minimum atomic E-state index is -3.51. The molecule has 2 unspecified atom stereocenters. The van der Waals surface area contributed by atoms with Crippen molar-refractivity contribution in [2.24, 2.45) is 17.0 Å². The van der Waals surface area contributed by atoms with Crippen LogP contribution in [0.4, 0.5) is 5.69 Å². The lowest BCUT2D eigenvalue weighted by Crippen LogP contribution is -2.26. The molecule has 140 valence electrons. The van der Waals surface area contributed by atoms with Crippen LogP contribution in [0.1, 0.15) is 37.6 Å². The second-order valence-electron chi connectivity index (χ2n) is 6.52. The number of nitrogens with one attached hydrogen (secondary N) is 2. The number of nitrogens with zero attached hydrogens (tertiary/aromatic N) is 4. The van der Waals surface area contributed by atoms with E-state index in [9.17, 15) is 8.42 Å². The maximum Gasteiger partial charge on any atom is 0.235 e. The van der Waals surface area contributed by atoms with Gasteiger partial charge in [0.1, 0.15) is 5.84 Å². The highest BCUT2D eigenvalue weighted by molar-refractivity contribution is 7.93. The number of hydrogen-bond donors (Lipinski definition) is 2. The van der Waals surface area contributed by atoms with Gasteiger partial charge in [-0.2, -0.15) is 5.10 Å². The van der Waals surface area contributed by atoms with Crippen molar-refractivity contribution >= 4 is 28.3 Å². The predicted molar refractivity (Wildman–Crippen MR) is 102 cm³/mol. The van der Waals surface area contributed by atoms with E-state index in [4.69, 9.17) is 0 Å². The second-order valence-corrected chi connectivity index (χ2v) is 8.61. The summed E-state index contributed by atoms with van der Waals surface area (Å²) in [5.74, 6) is 0.629. The quantitative estimate of drug-likeness (QED) is 0.561. The number of aromatic nitrogens is 2. The van der Waals surface area contributed by atoms with Crippen molar-refractivity contribution in [2.75, 3.05) is 17.8 Å². The van der Waals surface area contributed by atoms with Crippen LogP contribution in [-0.2, 0) is 17.1 Å². The van der Waals surface area contributed by atoms with Crippen molar-refractivity contribution in [3.8, 4) is 0 Å².